The van der Waals surface area contributed by atoms with Crippen LogP contribution in [-0.2, 0) is 20.4 Å². The highest BCUT2D eigenvalue weighted by atomic mass is 19.4. The summed E-state index contributed by atoms with van der Waals surface area (Å²) < 4.78 is 54.6. The summed E-state index contributed by atoms with van der Waals surface area (Å²) in [7, 11) is 1.29. The molecule has 11 heteroatoms. The van der Waals surface area contributed by atoms with Gasteiger partial charge in [-0.05, 0) is 48.9 Å². The fourth-order valence-corrected chi connectivity index (χ4v) is 4.27. The molecular weight excluding hydrogens is 457 g/mol. The first-order valence-electron chi connectivity index (χ1n) is 10.6. The van der Waals surface area contributed by atoms with Crippen LogP contribution in [-0.4, -0.2) is 49.1 Å². The quantitative estimate of drug-likeness (QED) is 0.561. The van der Waals surface area contributed by atoms with Crippen LogP contribution in [0.2, 0.25) is 0 Å². The van der Waals surface area contributed by atoms with E-state index < -0.39 is 42.1 Å². The maximum absolute atomic E-state index is 12.7. The number of carbonyl (C=O) groups is 2. The van der Waals surface area contributed by atoms with Crippen molar-refractivity contribution in [2.24, 2.45) is 0 Å². The number of alkyl halides is 3. The van der Waals surface area contributed by atoms with E-state index in [1.165, 1.54) is 19.2 Å². The van der Waals surface area contributed by atoms with Gasteiger partial charge in [-0.15, -0.1) is 0 Å². The summed E-state index contributed by atoms with van der Waals surface area (Å²) in [5, 5.41) is 14.9. The zero-order valence-corrected chi connectivity index (χ0v) is 18.1. The second-order valence-electron chi connectivity index (χ2n) is 8.09. The summed E-state index contributed by atoms with van der Waals surface area (Å²) in [6.07, 6.45) is -5.48. The number of halogens is 3. The number of esters is 1. The van der Waals surface area contributed by atoms with Crippen molar-refractivity contribution in [3.8, 4) is 5.75 Å². The second kappa shape index (κ2) is 9.51. The molecule has 182 valence electrons. The highest BCUT2D eigenvalue weighted by Gasteiger charge is 2.46. The van der Waals surface area contributed by atoms with Crippen molar-refractivity contribution in [3.63, 3.8) is 0 Å². The van der Waals surface area contributed by atoms with E-state index in [-0.39, 0.29) is 24.6 Å². The molecule has 0 spiro atoms. The van der Waals surface area contributed by atoms with Crippen LogP contribution in [0.4, 0.5) is 29.3 Å². The number of aliphatic hydroxyl groups is 1. The fourth-order valence-electron chi connectivity index (χ4n) is 4.27. The smallest absolute Gasteiger partial charge is 0.416 e. The molecule has 0 unspecified atom stereocenters. The third-order valence-electron chi connectivity index (χ3n) is 5.85. The SMILES string of the molecule is COC(=O)C[C@@H]1C[C@H]2c3cc(NC(=O)Nc4ccc(C(F)(F)F)cc4)ccc3O[C@H]2[C@@H](CO)O1. The number of ether oxygens (including phenoxy) is 3. The number of benzene rings is 2. The molecule has 4 rings (SSSR count). The number of nitrogens with one attached hydrogen (secondary N) is 2. The van der Waals surface area contributed by atoms with Crippen LogP contribution in [0.5, 0.6) is 5.75 Å². The summed E-state index contributed by atoms with van der Waals surface area (Å²) in [6.45, 7) is -0.284. The van der Waals surface area contributed by atoms with Gasteiger partial charge in [0.2, 0.25) is 0 Å². The highest BCUT2D eigenvalue weighted by molar-refractivity contribution is 5.99. The van der Waals surface area contributed by atoms with Gasteiger partial charge in [0.05, 0.1) is 31.8 Å². The molecule has 2 heterocycles. The van der Waals surface area contributed by atoms with Crippen LogP contribution in [0.25, 0.3) is 0 Å². The Morgan fingerprint density at radius 3 is 2.44 bits per heavy atom. The first kappa shape index (κ1) is 23.8. The molecule has 8 nitrogen and oxygen atoms in total. The van der Waals surface area contributed by atoms with E-state index in [4.69, 9.17) is 14.2 Å². The zero-order chi connectivity index (χ0) is 24.5. The number of rotatable bonds is 5. The minimum absolute atomic E-state index is 0.0407. The Balaban J connectivity index is 1.45. The van der Waals surface area contributed by atoms with Gasteiger partial charge >= 0.3 is 18.2 Å². The molecule has 0 aliphatic carbocycles. The van der Waals surface area contributed by atoms with Crippen molar-refractivity contribution < 1.29 is 42.1 Å². The van der Waals surface area contributed by atoms with Gasteiger partial charge in [-0.25, -0.2) is 4.79 Å². The second-order valence-corrected chi connectivity index (χ2v) is 8.09. The van der Waals surface area contributed by atoms with E-state index in [2.05, 4.69) is 10.6 Å². The largest absolute Gasteiger partial charge is 0.487 e. The summed E-state index contributed by atoms with van der Waals surface area (Å²) in [4.78, 5) is 24.1. The fraction of sp³-hybridized carbons (Fsp3) is 0.391. The molecule has 3 N–H and O–H groups in total. The average Bonchev–Trinajstić information content (AvgIpc) is 3.16. The molecule has 4 atom stereocenters. The number of methoxy groups -OCH3 is 1. The lowest BCUT2D eigenvalue weighted by Gasteiger charge is -2.36. The molecule has 2 aliphatic heterocycles. The summed E-state index contributed by atoms with van der Waals surface area (Å²) in [5.41, 5.74) is 0.642. The van der Waals surface area contributed by atoms with E-state index in [1.807, 2.05) is 0 Å². The number of anilines is 2. The van der Waals surface area contributed by atoms with E-state index in [0.29, 0.717) is 17.9 Å². The number of carbonyl (C=O) groups excluding carboxylic acids is 2. The van der Waals surface area contributed by atoms with Gasteiger partial charge in [-0.3, -0.25) is 4.79 Å². The maximum Gasteiger partial charge on any atom is 0.416 e. The lowest BCUT2D eigenvalue weighted by Crippen LogP contribution is -2.46. The number of amides is 2. The Hall–Kier alpha value is -3.31. The molecule has 2 aromatic rings. The molecule has 1 fully saturated rings. The normalized spacial score (nSPS) is 23.3. The first-order chi connectivity index (χ1) is 16.2. The topological polar surface area (TPSA) is 106 Å². The Labute approximate surface area is 193 Å². The predicted octanol–water partition coefficient (Wildman–Crippen LogP) is 3.91. The van der Waals surface area contributed by atoms with Gasteiger partial charge in [-0.1, -0.05) is 0 Å². The third-order valence-corrected chi connectivity index (χ3v) is 5.85. The average molecular weight is 480 g/mol. The molecule has 0 saturated carbocycles. The molecule has 2 aliphatic rings. The summed E-state index contributed by atoms with van der Waals surface area (Å²) in [5.74, 6) is -0.00520. The zero-order valence-electron chi connectivity index (χ0n) is 18.1. The van der Waals surface area contributed by atoms with Gasteiger partial charge in [-0.2, -0.15) is 13.2 Å². The van der Waals surface area contributed by atoms with Crippen LogP contribution in [0, 0.1) is 0 Å². The van der Waals surface area contributed by atoms with E-state index in [9.17, 15) is 27.9 Å². The molecule has 2 aromatic carbocycles. The first-order valence-corrected chi connectivity index (χ1v) is 10.6. The van der Waals surface area contributed by atoms with E-state index in [1.54, 1.807) is 18.2 Å². The monoisotopic (exact) mass is 480 g/mol. The number of fused-ring (bicyclic) bond motifs is 3. The third kappa shape index (κ3) is 5.10. The summed E-state index contributed by atoms with van der Waals surface area (Å²) in [6, 6.07) is 8.53. The molecular formula is C23H23F3N2O6. The maximum atomic E-state index is 12.7. The minimum Gasteiger partial charge on any atom is -0.487 e. The van der Waals surface area contributed by atoms with E-state index in [0.717, 1.165) is 17.7 Å². The summed E-state index contributed by atoms with van der Waals surface area (Å²) >= 11 is 0. The molecule has 34 heavy (non-hydrogen) atoms. The van der Waals surface area contributed by atoms with Crippen LogP contribution in [0.3, 0.4) is 0 Å². The van der Waals surface area contributed by atoms with Gasteiger partial charge in [0.1, 0.15) is 18.0 Å². The molecule has 0 bridgehead atoms. The number of urea groups is 1. The van der Waals surface area contributed by atoms with Gasteiger partial charge in [0.15, 0.2) is 0 Å². The van der Waals surface area contributed by atoms with Crippen molar-refractivity contribution in [3.05, 3.63) is 53.6 Å². The Morgan fingerprint density at radius 2 is 1.79 bits per heavy atom. The molecule has 0 radical (unpaired) electrons. The van der Waals surface area contributed by atoms with Crippen LogP contribution >= 0.6 is 0 Å². The Bertz CT molecular complexity index is 1060. The van der Waals surface area contributed by atoms with Crippen LogP contribution < -0.4 is 15.4 Å². The lowest BCUT2D eigenvalue weighted by molar-refractivity contribution is -0.156. The molecule has 1 saturated heterocycles. The highest BCUT2D eigenvalue weighted by Crippen LogP contribution is 2.47. The lowest BCUT2D eigenvalue weighted by atomic mass is 9.84. The van der Waals surface area contributed by atoms with Crippen molar-refractivity contribution in [1.29, 1.82) is 0 Å². The van der Waals surface area contributed by atoms with Crippen molar-refractivity contribution in [2.75, 3.05) is 24.4 Å². The van der Waals surface area contributed by atoms with Crippen molar-refractivity contribution in [1.82, 2.24) is 0 Å². The Morgan fingerprint density at radius 1 is 1.12 bits per heavy atom. The minimum atomic E-state index is -4.46. The molecule has 0 aromatic heterocycles. The standard InChI is InChI=1S/C23H23F3N2O6/c1-32-20(30)10-15-9-17-16-8-14(6-7-18(16)34-21(17)19(11-29)33-15)28-22(31)27-13-4-2-12(3-5-13)23(24,25)26/h2-8,15,17,19,21,29H,9-11H2,1H3,(H2,27,28,31)/t15-,17-,19+,21+/m0/s1. The van der Waals surface area contributed by atoms with Crippen LogP contribution in [0.1, 0.15) is 29.9 Å². The number of hydrogen-bond acceptors (Lipinski definition) is 6. The van der Waals surface area contributed by atoms with E-state index >= 15 is 0 Å². The van der Waals surface area contributed by atoms with Gasteiger partial charge in [0.25, 0.3) is 0 Å². The predicted molar refractivity (Wildman–Crippen MR) is 115 cm³/mol. The number of hydrogen-bond donors (Lipinski definition) is 3. The van der Waals surface area contributed by atoms with Crippen LogP contribution in [0.15, 0.2) is 42.5 Å². The molecule has 2 amide bonds. The number of aliphatic hydroxyl groups excluding tert-OH is 1. The van der Waals surface area contributed by atoms with Crippen molar-refractivity contribution in [2.45, 2.75) is 43.2 Å². The Kier molecular flexibility index (Phi) is 6.67. The van der Waals surface area contributed by atoms with Crippen molar-refractivity contribution >= 4 is 23.4 Å². The van der Waals surface area contributed by atoms with Gasteiger partial charge < -0.3 is 30.0 Å². The van der Waals surface area contributed by atoms with Gasteiger partial charge in [0, 0.05) is 22.9 Å².